The summed E-state index contributed by atoms with van der Waals surface area (Å²) < 4.78 is 18.7. The van der Waals surface area contributed by atoms with Crippen LogP contribution in [0, 0.1) is 0 Å². The van der Waals surface area contributed by atoms with E-state index in [1.54, 1.807) is 13.4 Å². The Kier molecular flexibility index (Phi) is 5.79. The lowest BCUT2D eigenvalue weighted by atomic mass is 10.1. The highest BCUT2D eigenvalue weighted by Gasteiger charge is 2.25. The minimum absolute atomic E-state index is 0.0483. The monoisotopic (exact) mass is 332 g/mol. The van der Waals surface area contributed by atoms with Crippen LogP contribution in [0.1, 0.15) is 17.5 Å². The van der Waals surface area contributed by atoms with Crippen molar-refractivity contribution < 1.29 is 14.2 Å². The van der Waals surface area contributed by atoms with Gasteiger partial charge in [-0.05, 0) is 6.07 Å². The maximum atomic E-state index is 5.87. The van der Waals surface area contributed by atoms with Crippen LogP contribution in [-0.4, -0.2) is 59.7 Å². The number of hydrogen-bond donors (Lipinski definition) is 0. The zero-order valence-electron chi connectivity index (χ0n) is 14.2. The van der Waals surface area contributed by atoms with E-state index >= 15 is 0 Å². The minimum atomic E-state index is -0.0483. The highest BCUT2D eigenvalue weighted by atomic mass is 16.5. The molecule has 0 bridgehead atoms. The summed E-state index contributed by atoms with van der Waals surface area (Å²) in [5, 5.41) is 8.12. The molecule has 3 rings (SSSR count). The van der Waals surface area contributed by atoms with Gasteiger partial charge in [-0.15, -0.1) is 10.2 Å². The molecule has 2 aromatic rings. The third-order valence-corrected chi connectivity index (χ3v) is 4.10. The molecule has 0 amide bonds. The first-order valence-corrected chi connectivity index (χ1v) is 8.15. The lowest BCUT2D eigenvalue weighted by Gasteiger charge is -2.32. The molecule has 130 valence electrons. The van der Waals surface area contributed by atoms with Crippen molar-refractivity contribution >= 4 is 0 Å². The van der Waals surface area contributed by atoms with Crippen LogP contribution in [0.3, 0.4) is 0 Å². The fraction of sp³-hybridized carbons (Fsp3) is 0.529. The summed E-state index contributed by atoms with van der Waals surface area (Å²) in [7, 11) is 3.62. The maximum absolute atomic E-state index is 5.87. The molecule has 0 N–H and O–H groups in total. The quantitative estimate of drug-likeness (QED) is 0.715. The summed E-state index contributed by atoms with van der Waals surface area (Å²) in [5.41, 5.74) is 1.17. The van der Waals surface area contributed by atoms with Crippen LogP contribution < -0.4 is 4.74 Å². The van der Waals surface area contributed by atoms with Crippen molar-refractivity contribution in [2.45, 2.75) is 12.6 Å². The van der Waals surface area contributed by atoms with E-state index in [-0.39, 0.29) is 6.10 Å². The van der Waals surface area contributed by atoms with Gasteiger partial charge in [0.05, 0.1) is 13.2 Å². The van der Waals surface area contributed by atoms with Crippen molar-refractivity contribution in [2.24, 2.45) is 7.05 Å². The molecule has 0 saturated carbocycles. The largest absolute Gasteiger partial charge is 0.491 e. The van der Waals surface area contributed by atoms with Gasteiger partial charge in [0, 0.05) is 39.4 Å². The Hall–Kier alpha value is -1.96. The normalized spacial score (nSPS) is 18.7. The molecule has 1 aromatic heterocycles. The Labute approximate surface area is 142 Å². The number of methoxy groups -OCH3 is 1. The van der Waals surface area contributed by atoms with E-state index < -0.39 is 0 Å². The Balaban J connectivity index is 1.64. The van der Waals surface area contributed by atoms with Crippen LogP contribution >= 0.6 is 0 Å². The van der Waals surface area contributed by atoms with Crippen molar-refractivity contribution in [1.82, 2.24) is 19.7 Å². The summed E-state index contributed by atoms with van der Waals surface area (Å²) >= 11 is 0. The second-order valence-corrected chi connectivity index (χ2v) is 5.84. The third-order valence-electron chi connectivity index (χ3n) is 4.10. The van der Waals surface area contributed by atoms with Crippen LogP contribution in [0.4, 0.5) is 0 Å². The van der Waals surface area contributed by atoms with Crippen LogP contribution in [0.15, 0.2) is 30.6 Å². The molecular weight excluding hydrogens is 308 g/mol. The average molecular weight is 332 g/mol. The molecule has 2 heterocycles. The first-order chi connectivity index (χ1) is 11.8. The van der Waals surface area contributed by atoms with Gasteiger partial charge in [-0.1, -0.05) is 18.2 Å². The van der Waals surface area contributed by atoms with E-state index in [4.69, 9.17) is 14.2 Å². The fourth-order valence-corrected chi connectivity index (χ4v) is 2.84. The summed E-state index contributed by atoms with van der Waals surface area (Å²) in [4.78, 5) is 2.36. The maximum Gasteiger partial charge on any atom is 0.163 e. The lowest BCUT2D eigenvalue weighted by molar-refractivity contribution is -0.0387. The van der Waals surface area contributed by atoms with Gasteiger partial charge in [0.15, 0.2) is 5.82 Å². The van der Waals surface area contributed by atoms with Gasteiger partial charge in [-0.25, -0.2) is 0 Å². The molecule has 7 heteroatoms. The predicted octanol–water partition coefficient (Wildman–Crippen LogP) is 1.41. The van der Waals surface area contributed by atoms with Gasteiger partial charge >= 0.3 is 0 Å². The van der Waals surface area contributed by atoms with Gasteiger partial charge < -0.3 is 18.8 Å². The van der Waals surface area contributed by atoms with Crippen LogP contribution in [0.5, 0.6) is 5.75 Å². The molecule has 1 atom stereocenters. The van der Waals surface area contributed by atoms with Gasteiger partial charge in [0.25, 0.3) is 0 Å². The highest BCUT2D eigenvalue weighted by Crippen LogP contribution is 2.24. The molecule has 0 spiro atoms. The number of aromatic nitrogens is 3. The molecule has 1 fully saturated rings. The molecule has 7 nitrogen and oxygen atoms in total. The third kappa shape index (κ3) is 4.11. The Morgan fingerprint density at radius 3 is 2.96 bits per heavy atom. The first-order valence-electron chi connectivity index (χ1n) is 8.15. The van der Waals surface area contributed by atoms with E-state index in [0.717, 1.165) is 31.2 Å². The molecule has 0 radical (unpaired) electrons. The van der Waals surface area contributed by atoms with E-state index in [1.165, 1.54) is 5.56 Å². The number of nitrogens with zero attached hydrogens (tertiary/aromatic N) is 4. The van der Waals surface area contributed by atoms with Gasteiger partial charge in [0.1, 0.15) is 24.8 Å². The zero-order chi connectivity index (χ0) is 16.8. The van der Waals surface area contributed by atoms with Gasteiger partial charge in [-0.3, -0.25) is 4.90 Å². The minimum Gasteiger partial charge on any atom is -0.491 e. The summed E-state index contributed by atoms with van der Waals surface area (Å²) in [6, 6.07) is 8.15. The summed E-state index contributed by atoms with van der Waals surface area (Å²) in [6.45, 7) is 4.32. The zero-order valence-corrected chi connectivity index (χ0v) is 14.2. The summed E-state index contributed by atoms with van der Waals surface area (Å²) in [5.74, 6) is 1.78. The van der Waals surface area contributed by atoms with E-state index in [0.29, 0.717) is 19.8 Å². The number of benzene rings is 1. The second kappa shape index (κ2) is 8.23. The van der Waals surface area contributed by atoms with E-state index in [2.05, 4.69) is 21.2 Å². The van der Waals surface area contributed by atoms with Gasteiger partial charge in [0.2, 0.25) is 0 Å². The second-order valence-electron chi connectivity index (χ2n) is 5.84. The number of para-hydroxylation sites is 1. The standard InChI is InChI=1S/C17H24N4O3/c1-20-13-18-19-17(20)16-12-21(7-8-23-16)11-14-5-3-4-6-15(14)24-10-9-22-2/h3-6,13,16H,7-12H2,1-2H3. The summed E-state index contributed by atoms with van der Waals surface area (Å²) in [6.07, 6.45) is 1.66. The van der Waals surface area contributed by atoms with Crippen LogP contribution in [-0.2, 0) is 23.1 Å². The highest BCUT2D eigenvalue weighted by molar-refractivity contribution is 5.33. The molecule has 1 aliphatic rings. The number of rotatable bonds is 7. The molecule has 1 saturated heterocycles. The first kappa shape index (κ1) is 16.9. The average Bonchev–Trinajstić information content (AvgIpc) is 3.03. The van der Waals surface area contributed by atoms with Crippen molar-refractivity contribution in [3.63, 3.8) is 0 Å². The fourth-order valence-electron chi connectivity index (χ4n) is 2.84. The molecule has 0 aliphatic carbocycles. The Morgan fingerprint density at radius 2 is 2.17 bits per heavy atom. The van der Waals surface area contributed by atoms with Crippen molar-refractivity contribution in [3.8, 4) is 5.75 Å². The molecule has 1 aliphatic heterocycles. The molecular formula is C17H24N4O3. The SMILES string of the molecule is COCCOc1ccccc1CN1CCOC(c2nncn2C)C1. The Morgan fingerprint density at radius 1 is 1.29 bits per heavy atom. The van der Waals surface area contributed by atoms with Crippen molar-refractivity contribution in [2.75, 3.05) is 40.0 Å². The van der Waals surface area contributed by atoms with Crippen molar-refractivity contribution in [3.05, 3.63) is 42.0 Å². The smallest absolute Gasteiger partial charge is 0.163 e. The van der Waals surface area contributed by atoms with E-state index in [9.17, 15) is 0 Å². The predicted molar refractivity (Wildman–Crippen MR) is 88.8 cm³/mol. The van der Waals surface area contributed by atoms with Crippen molar-refractivity contribution in [1.29, 1.82) is 0 Å². The van der Waals surface area contributed by atoms with Crippen LogP contribution in [0.25, 0.3) is 0 Å². The number of morpholine rings is 1. The molecule has 1 aromatic carbocycles. The number of hydrogen-bond acceptors (Lipinski definition) is 6. The molecule has 24 heavy (non-hydrogen) atoms. The van der Waals surface area contributed by atoms with Gasteiger partial charge in [-0.2, -0.15) is 0 Å². The number of ether oxygens (including phenoxy) is 3. The lowest BCUT2D eigenvalue weighted by Crippen LogP contribution is -2.38. The van der Waals surface area contributed by atoms with E-state index in [1.807, 2.05) is 29.8 Å². The Bertz CT molecular complexity index is 646. The van der Waals surface area contributed by atoms with Crippen LogP contribution in [0.2, 0.25) is 0 Å². The number of aryl methyl sites for hydroxylation is 1. The molecule has 1 unspecified atom stereocenters. The topological polar surface area (TPSA) is 61.6 Å².